The molecule has 0 radical (unpaired) electrons. The van der Waals surface area contributed by atoms with Crippen LogP contribution in [0.5, 0.6) is 0 Å². The maximum Gasteiger partial charge on any atom is 0.243 e. The van der Waals surface area contributed by atoms with E-state index in [1.165, 1.54) is 4.31 Å². The molecule has 0 aromatic heterocycles. The van der Waals surface area contributed by atoms with Crippen LogP contribution in [0, 0.1) is 0 Å². The maximum absolute atomic E-state index is 13.0. The molecule has 2 aromatic rings. The first-order valence-corrected chi connectivity index (χ1v) is 11.1. The Hall–Kier alpha value is -2.48. The fourth-order valence-electron chi connectivity index (χ4n) is 4.42. The number of hydrogen-bond acceptors (Lipinski definition) is 4. The third-order valence-corrected chi connectivity index (χ3v) is 7.61. The van der Waals surface area contributed by atoms with Gasteiger partial charge >= 0.3 is 0 Å². The van der Waals surface area contributed by atoms with Gasteiger partial charge in [0.2, 0.25) is 15.9 Å². The van der Waals surface area contributed by atoms with Crippen LogP contribution in [-0.2, 0) is 14.8 Å². The van der Waals surface area contributed by atoms with Crippen LogP contribution in [0.25, 0.3) is 6.08 Å². The van der Waals surface area contributed by atoms with Gasteiger partial charge in [-0.1, -0.05) is 54.6 Å². The van der Waals surface area contributed by atoms with E-state index in [1.807, 2.05) is 43.3 Å². The van der Waals surface area contributed by atoms with Crippen LogP contribution in [0.2, 0.25) is 0 Å². The Balaban J connectivity index is 1.62. The molecule has 2 heterocycles. The van der Waals surface area contributed by atoms with Gasteiger partial charge < -0.3 is 10.0 Å². The Morgan fingerprint density at radius 1 is 1.10 bits per heavy atom. The van der Waals surface area contributed by atoms with E-state index in [0.717, 1.165) is 11.1 Å². The summed E-state index contributed by atoms with van der Waals surface area (Å²) in [5.74, 6) is -0.362. The van der Waals surface area contributed by atoms with E-state index in [9.17, 15) is 18.3 Å². The van der Waals surface area contributed by atoms with E-state index in [4.69, 9.17) is 0 Å². The van der Waals surface area contributed by atoms with Gasteiger partial charge in [0.1, 0.15) is 0 Å². The number of benzene rings is 2. The van der Waals surface area contributed by atoms with Crippen molar-refractivity contribution in [1.29, 1.82) is 0 Å². The molecule has 2 fully saturated rings. The second-order valence-electron chi connectivity index (χ2n) is 7.42. The first kappa shape index (κ1) is 19.8. The lowest BCUT2D eigenvalue weighted by Crippen LogP contribution is -2.73. The van der Waals surface area contributed by atoms with Crippen LogP contribution in [-0.4, -0.2) is 60.4 Å². The number of piperazine rings is 1. The molecule has 6 nitrogen and oxygen atoms in total. The van der Waals surface area contributed by atoms with Crippen LogP contribution >= 0.6 is 0 Å². The standard InChI is InChI=1S/C22H24N2O4S/c1-2-6-16-9-11-17(12-10-16)22-19-13-23(14-21(26)24(19)20(22)15-25)29(27,28)18-7-4-3-5-8-18/h2-12,19-20,22,25H,13-15H2,1H3/b6-2+/t19-,20-,22-/m0/s1. The van der Waals surface area contributed by atoms with Gasteiger partial charge in [-0.05, 0) is 30.2 Å². The molecule has 2 saturated heterocycles. The summed E-state index contributed by atoms with van der Waals surface area (Å²) in [7, 11) is -3.75. The molecule has 2 aliphatic heterocycles. The molecule has 1 amide bonds. The van der Waals surface area contributed by atoms with Crippen molar-refractivity contribution in [3.63, 3.8) is 0 Å². The highest BCUT2D eigenvalue weighted by molar-refractivity contribution is 7.89. The highest BCUT2D eigenvalue weighted by Crippen LogP contribution is 2.43. The molecule has 0 saturated carbocycles. The van der Waals surface area contributed by atoms with Gasteiger partial charge in [0.15, 0.2) is 0 Å². The van der Waals surface area contributed by atoms with Crippen LogP contribution in [0.3, 0.4) is 0 Å². The minimum Gasteiger partial charge on any atom is -0.394 e. The second-order valence-corrected chi connectivity index (χ2v) is 9.36. The molecule has 3 atom stereocenters. The van der Waals surface area contributed by atoms with E-state index in [1.54, 1.807) is 35.2 Å². The fraction of sp³-hybridized carbons (Fsp3) is 0.318. The molecule has 4 rings (SSSR count). The molecular weight excluding hydrogens is 388 g/mol. The van der Waals surface area contributed by atoms with Crippen molar-refractivity contribution in [3.8, 4) is 0 Å². The summed E-state index contributed by atoms with van der Waals surface area (Å²) in [4.78, 5) is 14.6. The molecule has 0 unspecified atom stereocenters. The lowest BCUT2D eigenvalue weighted by atomic mass is 9.74. The summed E-state index contributed by atoms with van der Waals surface area (Å²) in [6.07, 6.45) is 3.96. The van der Waals surface area contributed by atoms with Crippen molar-refractivity contribution in [2.75, 3.05) is 19.7 Å². The number of carbonyl (C=O) groups excluding carboxylic acids is 1. The van der Waals surface area contributed by atoms with E-state index in [2.05, 4.69) is 0 Å². The Morgan fingerprint density at radius 3 is 2.41 bits per heavy atom. The molecule has 29 heavy (non-hydrogen) atoms. The average Bonchev–Trinajstić information content (AvgIpc) is 2.71. The van der Waals surface area contributed by atoms with Gasteiger partial charge in [-0.25, -0.2) is 8.42 Å². The highest BCUT2D eigenvalue weighted by atomic mass is 32.2. The van der Waals surface area contributed by atoms with Gasteiger partial charge in [0.05, 0.1) is 30.1 Å². The number of aliphatic hydroxyl groups is 1. The summed E-state index contributed by atoms with van der Waals surface area (Å²) in [6, 6.07) is 15.6. The summed E-state index contributed by atoms with van der Waals surface area (Å²) in [6.45, 7) is 1.84. The first-order valence-electron chi connectivity index (χ1n) is 9.67. The molecule has 2 aliphatic rings. The predicted molar refractivity (Wildman–Crippen MR) is 111 cm³/mol. The predicted octanol–water partition coefficient (Wildman–Crippen LogP) is 2.08. The number of fused-ring (bicyclic) bond motifs is 1. The normalized spacial score (nSPS) is 25.1. The third kappa shape index (κ3) is 3.39. The number of sulfonamides is 1. The first-order chi connectivity index (χ1) is 14.0. The van der Waals surface area contributed by atoms with Gasteiger partial charge in [-0.2, -0.15) is 4.31 Å². The highest BCUT2D eigenvalue weighted by Gasteiger charge is 2.55. The van der Waals surface area contributed by atoms with Gasteiger partial charge in [-0.3, -0.25) is 4.79 Å². The van der Waals surface area contributed by atoms with E-state index >= 15 is 0 Å². The SMILES string of the molecule is C/C=C/c1ccc([C@@H]2[C@H](CO)N3C(=O)CN(S(=O)(=O)c4ccccc4)C[C@@H]23)cc1. The zero-order valence-electron chi connectivity index (χ0n) is 16.2. The van der Waals surface area contributed by atoms with Crippen LogP contribution in [0.4, 0.5) is 0 Å². The van der Waals surface area contributed by atoms with Crippen molar-refractivity contribution in [2.45, 2.75) is 29.8 Å². The Labute approximate surface area is 171 Å². The number of aliphatic hydroxyl groups excluding tert-OH is 1. The molecular formula is C22H24N2O4S. The molecule has 0 spiro atoms. The van der Waals surface area contributed by atoms with Gasteiger partial charge in [0, 0.05) is 12.5 Å². The number of allylic oxidation sites excluding steroid dienone is 1. The summed E-state index contributed by atoms with van der Waals surface area (Å²) < 4.78 is 27.3. The van der Waals surface area contributed by atoms with Crippen molar-refractivity contribution >= 4 is 22.0 Å². The Kier molecular flexibility index (Phi) is 5.29. The second kappa shape index (κ2) is 7.74. The van der Waals surface area contributed by atoms with Crippen molar-refractivity contribution in [3.05, 3.63) is 71.8 Å². The lowest BCUT2D eigenvalue weighted by Gasteiger charge is -2.58. The average molecular weight is 413 g/mol. The molecule has 152 valence electrons. The smallest absolute Gasteiger partial charge is 0.243 e. The van der Waals surface area contributed by atoms with Crippen molar-refractivity contribution < 1.29 is 18.3 Å². The number of amides is 1. The topological polar surface area (TPSA) is 77.9 Å². The molecule has 0 aliphatic carbocycles. The maximum atomic E-state index is 13.0. The van der Waals surface area contributed by atoms with Crippen LogP contribution in [0.15, 0.2) is 65.6 Å². The summed E-state index contributed by atoms with van der Waals surface area (Å²) in [5.41, 5.74) is 2.08. The monoisotopic (exact) mass is 412 g/mol. The molecule has 0 bridgehead atoms. The number of rotatable bonds is 5. The number of hydrogen-bond donors (Lipinski definition) is 1. The summed E-state index contributed by atoms with van der Waals surface area (Å²) >= 11 is 0. The number of nitrogens with zero attached hydrogens (tertiary/aromatic N) is 2. The minimum atomic E-state index is -3.75. The fourth-order valence-corrected chi connectivity index (χ4v) is 5.84. The van der Waals surface area contributed by atoms with E-state index in [-0.39, 0.29) is 48.5 Å². The third-order valence-electron chi connectivity index (χ3n) is 5.78. The minimum absolute atomic E-state index is 0.0996. The van der Waals surface area contributed by atoms with Crippen LogP contribution in [0.1, 0.15) is 24.0 Å². The lowest BCUT2D eigenvalue weighted by molar-refractivity contribution is -0.158. The van der Waals surface area contributed by atoms with Crippen molar-refractivity contribution in [1.82, 2.24) is 9.21 Å². The summed E-state index contributed by atoms with van der Waals surface area (Å²) in [5, 5.41) is 9.88. The molecule has 7 heteroatoms. The number of carbonyl (C=O) groups is 1. The van der Waals surface area contributed by atoms with Gasteiger partial charge in [-0.15, -0.1) is 0 Å². The zero-order chi connectivity index (χ0) is 20.6. The van der Waals surface area contributed by atoms with E-state index in [0.29, 0.717) is 0 Å². The molecule has 1 N–H and O–H groups in total. The Morgan fingerprint density at radius 2 is 1.79 bits per heavy atom. The largest absolute Gasteiger partial charge is 0.394 e. The molecule has 2 aromatic carbocycles. The Bertz CT molecular complexity index is 1020. The van der Waals surface area contributed by atoms with Gasteiger partial charge in [0.25, 0.3) is 0 Å². The van der Waals surface area contributed by atoms with E-state index < -0.39 is 10.0 Å². The van der Waals surface area contributed by atoms with Crippen LogP contribution < -0.4 is 0 Å². The zero-order valence-corrected chi connectivity index (χ0v) is 17.0. The van der Waals surface area contributed by atoms with Crippen molar-refractivity contribution in [2.24, 2.45) is 0 Å². The quantitative estimate of drug-likeness (QED) is 0.816.